The number of aromatic nitrogens is 1. The van der Waals surface area contributed by atoms with Gasteiger partial charge in [-0.15, -0.1) is 0 Å². The smallest absolute Gasteiger partial charge is 0.178 e. The molecule has 0 saturated heterocycles. The van der Waals surface area contributed by atoms with Gasteiger partial charge in [0.05, 0.1) is 13.7 Å². The van der Waals surface area contributed by atoms with E-state index in [1.54, 1.807) is 7.11 Å². The van der Waals surface area contributed by atoms with Crippen LogP contribution in [0.25, 0.3) is 0 Å². The van der Waals surface area contributed by atoms with E-state index in [0.717, 1.165) is 22.6 Å². The highest BCUT2D eigenvalue weighted by atomic mass is 16.5. The van der Waals surface area contributed by atoms with Gasteiger partial charge in [0.1, 0.15) is 5.75 Å². The molecule has 1 aromatic carbocycles. The Bertz CT molecular complexity index is 742. The van der Waals surface area contributed by atoms with Gasteiger partial charge in [-0.3, -0.25) is 4.79 Å². The quantitative estimate of drug-likeness (QED) is 0.768. The molecule has 1 aliphatic rings. The topological polar surface area (TPSA) is 43.3 Å². The van der Waals surface area contributed by atoms with Crippen molar-refractivity contribution < 1.29 is 9.53 Å². The molecular weight excluding hydrogens is 312 g/mol. The zero-order valence-electron chi connectivity index (χ0n) is 15.5. The number of carbonyl (C=O) groups excluding carboxylic acids is 1. The highest BCUT2D eigenvalue weighted by molar-refractivity contribution is 5.99. The van der Waals surface area contributed by atoms with Gasteiger partial charge >= 0.3 is 0 Å². The van der Waals surface area contributed by atoms with Crippen LogP contribution in [0.5, 0.6) is 5.75 Å². The molecule has 1 aromatic heterocycles. The van der Waals surface area contributed by atoms with Crippen molar-refractivity contribution in [1.29, 1.82) is 0 Å². The number of aryl methyl sites for hydroxylation is 1. The van der Waals surface area contributed by atoms with Crippen LogP contribution in [0, 0.1) is 13.8 Å². The van der Waals surface area contributed by atoms with E-state index in [9.17, 15) is 4.79 Å². The maximum atomic E-state index is 12.7. The van der Waals surface area contributed by atoms with Crippen LogP contribution in [0.4, 0.5) is 0 Å². The molecule has 0 amide bonds. The number of carbonyl (C=O) groups is 1. The highest BCUT2D eigenvalue weighted by Gasteiger charge is 2.23. The summed E-state index contributed by atoms with van der Waals surface area (Å²) in [6, 6.07) is 10.5. The van der Waals surface area contributed by atoms with Crippen molar-refractivity contribution in [2.45, 2.75) is 52.1 Å². The predicted molar refractivity (Wildman–Crippen MR) is 100 cm³/mol. The SMILES string of the molecule is COc1ccccc1CNCC(=O)c1cc(C)n(C2CCCC2)c1C. The number of Topliss-reactive ketones (excluding diaryl/α,β-unsaturated/α-hetero) is 1. The summed E-state index contributed by atoms with van der Waals surface area (Å²) in [7, 11) is 1.67. The molecule has 134 valence electrons. The van der Waals surface area contributed by atoms with Crippen LogP contribution in [0.3, 0.4) is 0 Å². The Kier molecular flexibility index (Phi) is 5.59. The number of hydrogen-bond acceptors (Lipinski definition) is 3. The first-order valence-corrected chi connectivity index (χ1v) is 9.16. The lowest BCUT2D eigenvalue weighted by atomic mass is 10.1. The summed E-state index contributed by atoms with van der Waals surface area (Å²) in [6.45, 7) is 5.16. The van der Waals surface area contributed by atoms with Crippen molar-refractivity contribution in [2.24, 2.45) is 0 Å². The number of ketones is 1. The fourth-order valence-corrected chi connectivity index (χ4v) is 4.04. The van der Waals surface area contributed by atoms with Gasteiger partial charge in [0.25, 0.3) is 0 Å². The Labute approximate surface area is 150 Å². The normalized spacial score (nSPS) is 14.8. The number of ether oxygens (including phenoxy) is 1. The minimum absolute atomic E-state index is 0.159. The predicted octanol–water partition coefficient (Wildman–Crippen LogP) is 4.20. The molecule has 1 N–H and O–H groups in total. The van der Waals surface area contributed by atoms with Crippen molar-refractivity contribution >= 4 is 5.78 Å². The lowest BCUT2D eigenvalue weighted by Gasteiger charge is -2.17. The van der Waals surface area contributed by atoms with Crippen molar-refractivity contribution in [1.82, 2.24) is 9.88 Å². The second-order valence-electron chi connectivity index (χ2n) is 6.93. The van der Waals surface area contributed by atoms with Gasteiger partial charge in [0.2, 0.25) is 0 Å². The van der Waals surface area contributed by atoms with Crippen LogP contribution in [0.1, 0.15) is 59.0 Å². The molecule has 1 heterocycles. The molecule has 0 spiro atoms. The van der Waals surface area contributed by atoms with Crippen molar-refractivity contribution in [3.63, 3.8) is 0 Å². The first-order chi connectivity index (χ1) is 12.1. The highest BCUT2D eigenvalue weighted by Crippen LogP contribution is 2.33. The third-order valence-electron chi connectivity index (χ3n) is 5.27. The summed E-state index contributed by atoms with van der Waals surface area (Å²) in [6.07, 6.45) is 5.06. The molecule has 0 unspecified atom stereocenters. The van der Waals surface area contributed by atoms with Gasteiger partial charge < -0.3 is 14.6 Å². The third kappa shape index (κ3) is 3.79. The first-order valence-electron chi connectivity index (χ1n) is 9.16. The minimum atomic E-state index is 0.159. The van der Waals surface area contributed by atoms with Gasteiger partial charge in [0.15, 0.2) is 5.78 Å². The fourth-order valence-electron chi connectivity index (χ4n) is 4.04. The number of methoxy groups -OCH3 is 1. The number of benzene rings is 1. The van der Waals surface area contributed by atoms with Crippen molar-refractivity contribution in [2.75, 3.05) is 13.7 Å². The third-order valence-corrected chi connectivity index (χ3v) is 5.27. The summed E-state index contributed by atoms with van der Waals surface area (Å²) in [5, 5.41) is 3.26. The summed E-state index contributed by atoms with van der Waals surface area (Å²) in [5.41, 5.74) is 4.25. The Morgan fingerprint density at radius 3 is 2.68 bits per heavy atom. The van der Waals surface area contributed by atoms with Crippen LogP contribution in [0.2, 0.25) is 0 Å². The van der Waals surface area contributed by atoms with Crippen molar-refractivity contribution in [3.05, 3.63) is 52.8 Å². The Morgan fingerprint density at radius 2 is 1.96 bits per heavy atom. The molecule has 0 atom stereocenters. The number of nitrogens with zero attached hydrogens (tertiary/aromatic N) is 1. The molecule has 0 aliphatic heterocycles. The molecule has 4 nitrogen and oxygen atoms in total. The number of nitrogens with one attached hydrogen (secondary N) is 1. The Morgan fingerprint density at radius 1 is 1.24 bits per heavy atom. The lowest BCUT2D eigenvalue weighted by molar-refractivity contribution is 0.0990. The van der Waals surface area contributed by atoms with Gasteiger partial charge in [-0.05, 0) is 38.8 Å². The van der Waals surface area contributed by atoms with Crippen LogP contribution < -0.4 is 10.1 Å². The van der Waals surface area contributed by atoms with E-state index < -0.39 is 0 Å². The summed E-state index contributed by atoms with van der Waals surface area (Å²) in [5.74, 6) is 1.01. The average molecular weight is 340 g/mol. The van der Waals surface area contributed by atoms with Gasteiger partial charge in [-0.25, -0.2) is 0 Å². The Hall–Kier alpha value is -2.07. The number of hydrogen-bond donors (Lipinski definition) is 1. The average Bonchev–Trinajstić information content (AvgIpc) is 3.23. The second kappa shape index (κ2) is 7.87. The second-order valence-corrected chi connectivity index (χ2v) is 6.93. The van der Waals surface area contributed by atoms with E-state index in [4.69, 9.17) is 4.74 Å². The van der Waals surface area contributed by atoms with E-state index in [-0.39, 0.29) is 5.78 Å². The summed E-state index contributed by atoms with van der Waals surface area (Å²) in [4.78, 5) is 12.7. The molecule has 0 radical (unpaired) electrons. The van der Waals surface area contributed by atoms with Crippen LogP contribution in [-0.4, -0.2) is 24.0 Å². The van der Waals surface area contributed by atoms with E-state index in [1.807, 2.05) is 24.3 Å². The summed E-state index contributed by atoms with van der Waals surface area (Å²) < 4.78 is 7.73. The van der Waals surface area contributed by atoms with Crippen LogP contribution in [-0.2, 0) is 6.54 Å². The molecule has 0 bridgehead atoms. The maximum absolute atomic E-state index is 12.7. The number of rotatable bonds is 7. The monoisotopic (exact) mass is 340 g/mol. The lowest BCUT2D eigenvalue weighted by Crippen LogP contribution is -2.23. The molecule has 1 fully saturated rings. The molecule has 3 rings (SSSR count). The molecule has 2 aromatic rings. The van der Waals surface area contributed by atoms with E-state index >= 15 is 0 Å². The van der Waals surface area contributed by atoms with Gasteiger partial charge in [-0.2, -0.15) is 0 Å². The van der Waals surface area contributed by atoms with Crippen LogP contribution in [0.15, 0.2) is 30.3 Å². The molecule has 1 aliphatic carbocycles. The zero-order valence-corrected chi connectivity index (χ0v) is 15.5. The Balaban J connectivity index is 1.64. The van der Waals surface area contributed by atoms with E-state index in [1.165, 1.54) is 31.4 Å². The number of para-hydroxylation sites is 1. The first kappa shape index (κ1) is 17.7. The molecule has 1 saturated carbocycles. The van der Waals surface area contributed by atoms with E-state index in [0.29, 0.717) is 19.1 Å². The molecular formula is C21H28N2O2. The zero-order chi connectivity index (χ0) is 17.8. The maximum Gasteiger partial charge on any atom is 0.178 e. The molecule has 4 heteroatoms. The van der Waals surface area contributed by atoms with Gasteiger partial charge in [-0.1, -0.05) is 31.0 Å². The fraction of sp³-hybridized carbons (Fsp3) is 0.476. The van der Waals surface area contributed by atoms with Crippen molar-refractivity contribution in [3.8, 4) is 5.75 Å². The minimum Gasteiger partial charge on any atom is -0.496 e. The largest absolute Gasteiger partial charge is 0.496 e. The van der Waals surface area contributed by atoms with Gasteiger partial charge in [0, 0.05) is 35.1 Å². The standard InChI is InChI=1S/C21H28N2O2/c1-15-12-19(16(2)23(15)18-9-5-6-10-18)20(24)14-22-13-17-8-4-7-11-21(17)25-3/h4,7-8,11-12,18,22H,5-6,9-10,13-14H2,1-3H3. The van der Waals surface area contributed by atoms with Crippen LogP contribution >= 0.6 is 0 Å². The molecule has 25 heavy (non-hydrogen) atoms. The van der Waals surface area contributed by atoms with E-state index in [2.05, 4.69) is 29.8 Å². The summed E-state index contributed by atoms with van der Waals surface area (Å²) >= 11 is 0.